The van der Waals surface area contributed by atoms with Crippen LogP contribution in [0.1, 0.15) is 30.5 Å². The molecule has 16 heavy (non-hydrogen) atoms. The van der Waals surface area contributed by atoms with Gasteiger partial charge in [0.25, 0.3) is 0 Å². The third-order valence-electron chi connectivity index (χ3n) is 2.78. The fraction of sp³-hybridized carbons (Fsp3) is 0.750. The molecule has 0 radical (unpaired) electrons. The smallest absolute Gasteiger partial charge is 0.0941 e. The lowest BCUT2D eigenvalue weighted by Gasteiger charge is -2.16. The number of aromatic nitrogens is 1. The quantitative estimate of drug-likeness (QED) is 0.827. The molecule has 0 aromatic carbocycles. The lowest BCUT2D eigenvalue weighted by molar-refractivity contribution is 0.412. The Morgan fingerprint density at radius 2 is 2.12 bits per heavy atom. The van der Waals surface area contributed by atoms with E-state index in [4.69, 9.17) is 5.73 Å². The molecule has 0 aliphatic rings. The van der Waals surface area contributed by atoms with Gasteiger partial charge in [0.15, 0.2) is 0 Å². The van der Waals surface area contributed by atoms with Crippen molar-refractivity contribution in [3.8, 4) is 0 Å². The Morgan fingerprint density at radius 3 is 2.62 bits per heavy atom. The van der Waals surface area contributed by atoms with Gasteiger partial charge in [0.2, 0.25) is 0 Å². The van der Waals surface area contributed by atoms with Crippen molar-refractivity contribution in [1.29, 1.82) is 0 Å². The minimum absolute atomic E-state index is 0.407. The van der Waals surface area contributed by atoms with E-state index in [2.05, 4.69) is 43.2 Å². The summed E-state index contributed by atoms with van der Waals surface area (Å²) in [5.74, 6) is 0.971. The van der Waals surface area contributed by atoms with Crippen LogP contribution in [0.15, 0.2) is 5.38 Å². The minimum atomic E-state index is 0.407. The number of nitrogens with zero attached hydrogens (tertiary/aromatic N) is 2. The fourth-order valence-corrected chi connectivity index (χ4v) is 2.52. The summed E-state index contributed by atoms with van der Waals surface area (Å²) in [4.78, 5) is 6.87. The molecule has 92 valence electrons. The summed E-state index contributed by atoms with van der Waals surface area (Å²) in [7, 11) is 4.18. The average Bonchev–Trinajstić information content (AvgIpc) is 2.64. The Balaban J connectivity index is 2.62. The molecule has 0 fully saturated rings. The fourth-order valence-electron chi connectivity index (χ4n) is 1.66. The molecule has 0 bridgehead atoms. The van der Waals surface area contributed by atoms with Crippen LogP contribution in [-0.2, 0) is 6.42 Å². The van der Waals surface area contributed by atoms with Crippen LogP contribution in [0.4, 0.5) is 0 Å². The van der Waals surface area contributed by atoms with E-state index in [-0.39, 0.29) is 0 Å². The highest BCUT2D eigenvalue weighted by Gasteiger charge is 2.17. The lowest BCUT2D eigenvalue weighted by Crippen LogP contribution is -2.18. The number of hydrogen-bond acceptors (Lipinski definition) is 4. The summed E-state index contributed by atoms with van der Waals surface area (Å²) < 4.78 is 0. The van der Waals surface area contributed by atoms with Gasteiger partial charge in [-0.05, 0) is 20.0 Å². The number of likely N-dealkylation sites (N-methyl/N-ethyl adjacent to an activating group) is 1. The van der Waals surface area contributed by atoms with Crippen LogP contribution in [0.3, 0.4) is 0 Å². The number of thiazole rings is 1. The van der Waals surface area contributed by atoms with Gasteiger partial charge in [-0.25, -0.2) is 4.98 Å². The van der Waals surface area contributed by atoms with Crippen molar-refractivity contribution >= 4 is 11.3 Å². The van der Waals surface area contributed by atoms with Crippen LogP contribution in [0.25, 0.3) is 0 Å². The minimum Gasteiger partial charge on any atom is -0.330 e. The number of rotatable bonds is 6. The van der Waals surface area contributed by atoms with Gasteiger partial charge < -0.3 is 10.6 Å². The molecule has 1 unspecified atom stereocenters. The molecule has 1 rings (SSSR count). The van der Waals surface area contributed by atoms with E-state index >= 15 is 0 Å². The maximum atomic E-state index is 5.79. The van der Waals surface area contributed by atoms with Gasteiger partial charge in [-0.2, -0.15) is 0 Å². The molecular formula is C12H23N3S. The third kappa shape index (κ3) is 3.85. The van der Waals surface area contributed by atoms with Crippen molar-refractivity contribution in [3.05, 3.63) is 16.1 Å². The maximum Gasteiger partial charge on any atom is 0.0941 e. The Labute approximate surface area is 103 Å². The Kier molecular flexibility index (Phi) is 5.38. The van der Waals surface area contributed by atoms with Gasteiger partial charge in [0.05, 0.1) is 10.7 Å². The Morgan fingerprint density at radius 1 is 1.44 bits per heavy atom. The molecule has 1 atom stereocenters. The van der Waals surface area contributed by atoms with E-state index in [0.29, 0.717) is 18.4 Å². The van der Waals surface area contributed by atoms with E-state index < -0.39 is 0 Å². The first-order valence-corrected chi connectivity index (χ1v) is 6.71. The Hall–Kier alpha value is -0.450. The predicted molar refractivity (Wildman–Crippen MR) is 71.0 cm³/mol. The largest absolute Gasteiger partial charge is 0.330 e. The highest BCUT2D eigenvalue weighted by atomic mass is 32.1. The van der Waals surface area contributed by atoms with Gasteiger partial charge in [0, 0.05) is 30.8 Å². The van der Waals surface area contributed by atoms with E-state index in [1.807, 2.05) is 0 Å². The van der Waals surface area contributed by atoms with Crippen LogP contribution in [-0.4, -0.2) is 37.1 Å². The number of hydrogen-bond donors (Lipinski definition) is 1. The highest BCUT2D eigenvalue weighted by Crippen LogP contribution is 2.24. The molecule has 4 heteroatoms. The topological polar surface area (TPSA) is 42.1 Å². The molecule has 0 aliphatic heterocycles. The maximum absolute atomic E-state index is 5.79. The summed E-state index contributed by atoms with van der Waals surface area (Å²) in [6.45, 7) is 6.16. The number of nitrogens with two attached hydrogens (primary N) is 1. The second kappa shape index (κ2) is 6.33. The van der Waals surface area contributed by atoms with Crippen LogP contribution in [0, 0.1) is 5.92 Å². The molecule has 0 spiro atoms. The molecule has 1 heterocycles. The second-order valence-electron chi connectivity index (χ2n) is 4.81. The van der Waals surface area contributed by atoms with E-state index in [1.54, 1.807) is 11.3 Å². The van der Waals surface area contributed by atoms with Crippen molar-refractivity contribution in [2.24, 2.45) is 11.7 Å². The van der Waals surface area contributed by atoms with Gasteiger partial charge in [-0.3, -0.25) is 0 Å². The third-order valence-corrected chi connectivity index (χ3v) is 3.71. The van der Waals surface area contributed by atoms with Gasteiger partial charge in [-0.1, -0.05) is 13.8 Å². The van der Waals surface area contributed by atoms with Crippen molar-refractivity contribution < 1.29 is 0 Å². The van der Waals surface area contributed by atoms with Crippen molar-refractivity contribution in [2.75, 3.05) is 27.2 Å². The van der Waals surface area contributed by atoms with Gasteiger partial charge in [0.1, 0.15) is 0 Å². The standard InChI is InChI=1S/C12H23N3S/c1-9(2)10(7-13)11-8-16-12(14-11)5-6-15(3)4/h8-10H,5-7,13H2,1-4H3. The zero-order valence-electron chi connectivity index (χ0n) is 10.7. The van der Waals surface area contributed by atoms with Crippen molar-refractivity contribution in [2.45, 2.75) is 26.2 Å². The van der Waals surface area contributed by atoms with Crippen LogP contribution in [0.2, 0.25) is 0 Å². The summed E-state index contributed by atoms with van der Waals surface area (Å²) >= 11 is 1.76. The SMILES string of the molecule is CC(C)C(CN)c1csc(CCN(C)C)n1. The summed E-state index contributed by atoms with van der Waals surface area (Å²) in [5, 5.41) is 3.39. The molecule has 3 nitrogen and oxygen atoms in total. The van der Waals surface area contributed by atoms with E-state index in [9.17, 15) is 0 Å². The predicted octanol–water partition coefficient (Wildman–Crippen LogP) is 1.95. The first kappa shape index (κ1) is 13.6. The first-order chi connectivity index (χ1) is 7.54. The summed E-state index contributed by atoms with van der Waals surface area (Å²) in [6, 6.07) is 0. The average molecular weight is 241 g/mol. The first-order valence-electron chi connectivity index (χ1n) is 5.83. The second-order valence-corrected chi connectivity index (χ2v) is 5.75. The zero-order valence-corrected chi connectivity index (χ0v) is 11.5. The van der Waals surface area contributed by atoms with Gasteiger partial charge >= 0.3 is 0 Å². The van der Waals surface area contributed by atoms with Crippen LogP contribution < -0.4 is 5.73 Å². The lowest BCUT2D eigenvalue weighted by atomic mass is 9.93. The molecule has 0 aliphatic carbocycles. The van der Waals surface area contributed by atoms with Crippen LogP contribution in [0.5, 0.6) is 0 Å². The normalized spacial score (nSPS) is 13.7. The van der Waals surface area contributed by atoms with E-state index in [0.717, 1.165) is 13.0 Å². The molecule has 0 saturated carbocycles. The van der Waals surface area contributed by atoms with Crippen molar-refractivity contribution in [3.63, 3.8) is 0 Å². The summed E-state index contributed by atoms with van der Waals surface area (Å²) in [6.07, 6.45) is 1.03. The molecule has 2 N–H and O–H groups in total. The summed E-state index contributed by atoms with van der Waals surface area (Å²) in [5.41, 5.74) is 6.97. The van der Waals surface area contributed by atoms with Gasteiger partial charge in [-0.15, -0.1) is 11.3 Å². The van der Waals surface area contributed by atoms with E-state index in [1.165, 1.54) is 10.7 Å². The highest BCUT2D eigenvalue weighted by molar-refractivity contribution is 7.09. The molecule has 1 aromatic heterocycles. The molecular weight excluding hydrogens is 218 g/mol. The zero-order chi connectivity index (χ0) is 12.1. The van der Waals surface area contributed by atoms with Crippen LogP contribution >= 0.6 is 11.3 Å². The molecule has 0 saturated heterocycles. The van der Waals surface area contributed by atoms with Crippen molar-refractivity contribution in [1.82, 2.24) is 9.88 Å². The molecule has 0 amide bonds. The Bertz CT molecular complexity index is 307. The molecule has 1 aromatic rings. The monoisotopic (exact) mass is 241 g/mol.